The lowest BCUT2D eigenvalue weighted by Gasteiger charge is -2.07. The third-order valence-corrected chi connectivity index (χ3v) is 3.84. The number of hydrogen-bond acceptors (Lipinski definition) is 1. The van der Waals surface area contributed by atoms with E-state index in [-0.39, 0.29) is 5.91 Å². The van der Waals surface area contributed by atoms with E-state index in [2.05, 4.69) is 21.2 Å². The smallest absolute Gasteiger partial charge is 0.228 e. The van der Waals surface area contributed by atoms with Crippen molar-refractivity contribution in [2.75, 3.05) is 5.32 Å². The van der Waals surface area contributed by atoms with Crippen molar-refractivity contribution in [2.45, 2.75) is 13.3 Å². The van der Waals surface area contributed by atoms with Crippen LogP contribution in [0.5, 0.6) is 0 Å². The molecule has 2 nitrogen and oxygen atoms in total. The number of amides is 1. The molecule has 0 aliphatic rings. The van der Waals surface area contributed by atoms with Crippen LogP contribution >= 0.6 is 27.5 Å². The minimum Gasteiger partial charge on any atom is -0.326 e. The van der Waals surface area contributed by atoms with E-state index >= 15 is 0 Å². The van der Waals surface area contributed by atoms with Gasteiger partial charge in [-0.3, -0.25) is 4.79 Å². The monoisotopic (exact) mass is 337 g/mol. The van der Waals surface area contributed by atoms with Gasteiger partial charge in [0.2, 0.25) is 5.91 Å². The Morgan fingerprint density at radius 2 is 1.89 bits per heavy atom. The average molecular weight is 339 g/mol. The molecule has 0 aromatic heterocycles. The molecule has 0 saturated heterocycles. The van der Waals surface area contributed by atoms with E-state index < -0.39 is 0 Å². The number of benzene rings is 2. The highest BCUT2D eigenvalue weighted by atomic mass is 79.9. The summed E-state index contributed by atoms with van der Waals surface area (Å²) in [6.07, 6.45) is 0.336. The van der Waals surface area contributed by atoms with Crippen molar-refractivity contribution in [1.29, 1.82) is 0 Å². The Labute approximate surface area is 125 Å². The average Bonchev–Trinajstić information content (AvgIpc) is 2.37. The molecule has 0 aliphatic carbocycles. The van der Waals surface area contributed by atoms with Crippen LogP contribution in [0.4, 0.5) is 5.69 Å². The van der Waals surface area contributed by atoms with E-state index in [0.717, 1.165) is 21.3 Å². The number of carbonyl (C=O) groups excluding carboxylic acids is 1. The predicted octanol–water partition coefficient (Wildman–Crippen LogP) is 4.59. The third-order valence-electron chi connectivity index (χ3n) is 2.73. The van der Waals surface area contributed by atoms with Crippen LogP contribution in [-0.4, -0.2) is 5.91 Å². The second-order valence-electron chi connectivity index (χ2n) is 4.32. The van der Waals surface area contributed by atoms with Crippen LogP contribution in [0.15, 0.2) is 46.9 Å². The third kappa shape index (κ3) is 4.08. The van der Waals surface area contributed by atoms with Gasteiger partial charge >= 0.3 is 0 Å². The van der Waals surface area contributed by atoms with Gasteiger partial charge in [-0.2, -0.15) is 0 Å². The van der Waals surface area contributed by atoms with Crippen molar-refractivity contribution in [3.63, 3.8) is 0 Å². The Hall–Kier alpha value is -1.32. The number of hydrogen-bond donors (Lipinski definition) is 1. The number of aryl methyl sites for hydroxylation is 1. The summed E-state index contributed by atoms with van der Waals surface area (Å²) in [4.78, 5) is 11.9. The van der Waals surface area contributed by atoms with Gasteiger partial charge in [0, 0.05) is 15.2 Å². The number of nitrogens with one attached hydrogen (secondary N) is 1. The van der Waals surface area contributed by atoms with Crippen LogP contribution in [0.1, 0.15) is 11.1 Å². The summed E-state index contributed by atoms with van der Waals surface area (Å²) in [6.45, 7) is 2.00. The summed E-state index contributed by atoms with van der Waals surface area (Å²) in [7, 11) is 0. The Balaban J connectivity index is 2.01. The lowest BCUT2D eigenvalue weighted by atomic mass is 10.1. The largest absolute Gasteiger partial charge is 0.326 e. The van der Waals surface area contributed by atoms with Gasteiger partial charge in [-0.05, 0) is 42.3 Å². The van der Waals surface area contributed by atoms with E-state index in [9.17, 15) is 4.79 Å². The molecular formula is C15H13BrClNO. The van der Waals surface area contributed by atoms with E-state index in [0.29, 0.717) is 11.4 Å². The quantitative estimate of drug-likeness (QED) is 0.871. The fourth-order valence-corrected chi connectivity index (χ4v) is 2.17. The highest BCUT2D eigenvalue weighted by Gasteiger charge is 2.05. The molecule has 0 bridgehead atoms. The van der Waals surface area contributed by atoms with Crippen molar-refractivity contribution >= 4 is 39.1 Å². The zero-order chi connectivity index (χ0) is 13.8. The summed E-state index contributed by atoms with van der Waals surface area (Å²) in [5, 5.41) is 3.54. The Bertz CT molecular complexity index is 596. The fourth-order valence-electron chi connectivity index (χ4n) is 1.66. The zero-order valence-electron chi connectivity index (χ0n) is 10.4. The highest BCUT2D eigenvalue weighted by molar-refractivity contribution is 9.10. The van der Waals surface area contributed by atoms with Gasteiger partial charge in [0.15, 0.2) is 0 Å². The Morgan fingerprint density at radius 3 is 2.53 bits per heavy atom. The second kappa shape index (κ2) is 6.22. The first-order valence-corrected chi connectivity index (χ1v) is 7.02. The van der Waals surface area contributed by atoms with Crippen LogP contribution in [0.25, 0.3) is 0 Å². The van der Waals surface area contributed by atoms with Crippen LogP contribution < -0.4 is 5.32 Å². The molecular weight excluding hydrogens is 326 g/mol. The standard InChI is InChI=1S/C15H13BrClNO/c1-10-2-7-13(9-14(10)16)18-15(19)8-11-3-5-12(17)6-4-11/h2-7,9H,8H2,1H3,(H,18,19). The van der Waals surface area contributed by atoms with Crippen LogP contribution in [0.3, 0.4) is 0 Å². The van der Waals surface area contributed by atoms with Crippen molar-refractivity contribution in [3.05, 3.63) is 63.1 Å². The molecule has 98 valence electrons. The summed E-state index contributed by atoms with van der Waals surface area (Å²) < 4.78 is 0.983. The summed E-state index contributed by atoms with van der Waals surface area (Å²) in [5.41, 5.74) is 2.86. The van der Waals surface area contributed by atoms with Gasteiger partial charge < -0.3 is 5.32 Å². The van der Waals surface area contributed by atoms with Crippen LogP contribution in [-0.2, 0) is 11.2 Å². The first-order valence-electron chi connectivity index (χ1n) is 5.85. The lowest BCUT2D eigenvalue weighted by Crippen LogP contribution is -2.14. The molecule has 0 heterocycles. The zero-order valence-corrected chi connectivity index (χ0v) is 12.8. The molecule has 2 aromatic rings. The Kier molecular flexibility index (Phi) is 4.61. The molecule has 0 radical (unpaired) electrons. The molecule has 0 aliphatic heterocycles. The molecule has 1 N–H and O–H groups in total. The lowest BCUT2D eigenvalue weighted by molar-refractivity contribution is -0.115. The SMILES string of the molecule is Cc1ccc(NC(=O)Cc2ccc(Cl)cc2)cc1Br. The minimum absolute atomic E-state index is 0.0434. The van der Waals surface area contributed by atoms with Gasteiger partial charge in [0.05, 0.1) is 6.42 Å². The first kappa shape index (κ1) is 14.1. The van der Waals surface area contributed by atoms with Crippen molar-refractivity contribution in [1.82, 2.24) is 0 Å². The number of anilines is 1. The molecule has 4 heteroatoms. The molecule has 0 fully saturated rings. The van der Waals surface area contributed by atoms with E-state index in [1.807, 2.05) is 37.3 Å². The minimum atomic E-state index is -0.0434. The van der Waals surface area contributed by atoms with E-state index in [1.54, 1.807) is 12.1 Å². The van der Waals surface area contributed by atoms with E-state index in [4.69, 9.17) is 11.6 Å². The Morgan fingerprint density at radius 1 is 1.21 bits per heavy atom. The molecule has 0 saturated carbocycles. The van der Waals surface area contributed by atoms with Crippen molar-refractivity contribution in [2.24, 2.45) is 0 Å². The molecule has 19 heavy (non-hydrogen) atoms. The maximum Gasteiger partial charge on any atom is 0.228 e. The maximum absolute atomic E-state index is 11.9. The van der Waals surface area contributed by atoms with Gasteiger partial charge in [0.1, 0.15) is 0 Å². The molecule has 2 rings (SSSR count). The summed E-state index contributed by atoms with van der Waals surface area (Å²) in [5.74, 6) is -0.0434. The van der Waals surface area contributed by atoms with Crippen LogP contribution in [0, 0.1) is 6.92 Å². The predicted molar refractivity (Wildman–Crippen MR) is 82.7 cm³/mol. The van der Waals surface area contributed by atoms with Crippen molar-refractivity contribution in [3.8, 4) is 0 Å². The van der Waals surface area contributed by atoms with Gasteiger partial charge in [-0.25, -0.2) is 0 Å². The fraction of sp³-hybridized carbons (Fsp3) is 0.133. The summed E-state index contributed by atoms with van der Waals surface area (Å²) >= 11 is 9.25. The molecule has 0 spiro atoms. The molecule has 1 amide bonds. The topological polar surface area (TPSA) is 29.1 Å². The number of rotatable bonds is 3. The van der Waals surface area contributed by atoms with Crippen molar-refractivity contribution < 1.29 is 4.79 Å². The number of carbonyl (C=O) groups is 1. The highest BCUT2D eigenvalue weighted by Crippen LogP contribution is 2.20. The first-order chi connectivity index (χ1) is 9.04. The van der Waals surface area contributed by atoms with Gasteiger partial charge in [0.25, 0.3) is 0 Å². The normalized spacial score (nSPS) is 10.3. The summed E-state index contributed by atoms with van der Waals surface area (Å²) in [6, 6.07) is 13.0. The second-order valence-corrected chi connectivity index (χ2v) is 5.61. The molecule has 0 atom stereocenters. The molecule has 0 unspecified atom stereocenters. The van der Waals surface area contributed by atoms with Gasteiger partial charge in [-0.15, -0.1) is 0 Å². The molecule has 2 aromatic carbocycles. The van der Waals surface area contributed by atoms with Gasteiger partial charge in [-0.1, -0.05) is 45.7 Å². The van der Waals surface area contributed by atoms with E-state index in [1.165, 1.54) is 0 Å². The maximum atomic E-state index is 11.9. The number of halogens is 2. The van der Waals surface area contributed by atoms with Crippen LogP contribution in [0.2, 0.25) is 5.02 Å².